The summed E-state index contributed by atoms with van der Waals surface area (Å²) in [6, 6.07) is 19.0. The zero-order chi connectivity index (χ0) is 15.2. The monoisotopic (exact) mass is 353 g/mol. The molecule has 0 bridgehead atoms. The average molecular weight is 354 g/mol. The highest BCUT2D eigenvalue weighted by Gasteiger charge is 2.20. The molecule has 0 N–H and O–H groups in total. The number of nitrogens with zero attached hydrogens (tertiary/aromatic N) is 1. The summed E-state index contributed by atoms with van der Waals surface area (Å²) in [6.45, 7) is 2.29. The van der Waals surface area contributed by atoms with E-state index in [-0.39, 0.29) is 6.04 Å². The average Bonchev–Trinajstić information content (AvgIpc) is 2.58. The molecule has 1 heterocycles. The fourth-order valence-corrected chi connectivity index (χ4v) is 3.14. The number of likely N-dealkylation sites (tertiary alicyclic amines) is 1. The van der Waals surface area contributed by atoms with Crippen LogP contribution in [0.1, 0.15) is 36.4 Å². The number of hydrogen-bond acceptors (Lipinski definition) is 1. The molecular weight excluding hydrogens is 334 g/mol. The lowest BCUT2D eigenvalue weighted by Crippen LogP contribution is -2.33. The Kier molecular flexibility index (Phi) is 5.32. The predicted octanol–water partition coefficient (Wildman–Crippen LogP) is 5.03. The summed E-state index contributed by atoms with van der Waals surface area (Å²) in [4.78, 5) is 2.52. The van der Waals surface area contributed by atoms with Gasteiger partial charge in [0.25, 0.3) is 0 Å². The Morgan fingerprint density at radius 2 is 1.55 bits per heavy atom. The van der Waals surface area contributed by atoms with E-state index in [4.69, 9.17) is 0 Å². The minimum Gasteiger partial charge on any atom is -0.286 e. The van der Waals surface area contributed by atoms with Crippen molar-refractivity contribution in [2.24, 2.45) is 0 Å². The summed E-state index contributed by atoms with van der Waals surface area (Å²) in [6.07, 6.45) is 3.90. The molecule has 0 radical (unpaired) electrons. The Bertz CT molecular complexity index is 646. The lowest BCUT2D eigenvalue weighted by atomic mass is 10.0. The normalized spacial score (nSPS) is 16.6. The lowest BCUT2D eigenvalue weighted by molar-refractivity contribution is 0.197. The van der Waals surface area contributed by atoms with Crippen LogP contribution in [0.25, 0.3) is 0 Å². The van der Waals surface area contributed by atoms with Crippen molar-refractivity contribution in [2.75, 3.05) is 13.1 Å². The van der Waals surface area contributed by atoms with E-state index in [1.807, 2.05) is 18.2 Å². The number of halogens is 1. The van der Waals surface area contributed by atoms with Gasteiger partial charge in [0.15, 0.2) is 0 Å². The number of piperidine rings is 1. The summed E-state index contributed by atoms with van der Waals surface area (Å²) < 4.78 is 1.12. The quantitative estimate of drug-likeness (QED) is 0.684. The summed E-state index contributed by atoms with van der Waals surface area (Å²) >= 11 is 3.52. The van der Waals surface area contributed by atoms with E-state index in [1.54, 1.807) is 0 Å². The first kappa shape index (κ1) is 15.3. The molecule has 3 rings (SSSR count). The lowest BCUT2D eigenvalue weighted by Gasteiger charge is -2.31. The zero-order valence-corrected chi connectivity index (χ0v) is 14.2. The third-order valence-corrected chi connectivity index (χ3v) is 4.60. The van der Waals surface area contributed by atoms with Crippen LogP contribution in [-0.2, 0) is 0 Å². The molecule has 112 valence electrons. The molecule has 1 saturated heterocycles. The number of rotatable bonds is 2. The maximum Gasteiger partial charge on any atom is 0.0974 e. The molecule has 2 aromatic carbocycles. The van der Waals surface area contributed by atoms with Crippen molar-refractivity contribution in [2.45, 2.75) is 25.3 Å². The molecule has 0 aromatic heterocycles. The Balaban J connectivity index is 1.89. The molecule has 2 aromatic rings. The highest BCUT2D eigenvalue weighted by molar-refractivity contribution is 9.10. The van der Waals surface area contributed by atoms with Gasteiger partial charge in [0, 0.05) is 10.0 Å². The third-order valence-electron chi connectivity index (χ3n) is 4.07. The molecule has 0 aliphatic carbocycles. The van der Waals surface area contributed by atoms with E-state index in [9.17, 15) is 0 Å². The van der Waals surface area contributed by atoms with Gasteiger partial charge in [-0.1, -0.05) is 64.5 Å². The Hall–Kier alpha value is -1.56. The van der Waals surface area contributed by atoms with Crippen LogP contribution < -0.4 is 0 Å². The molecule has 0 amide bonds. The van der Waals surface area contributed by atoms with Crippen LogP contribution in [0.5, 0.6) is 0 Å². The summed E-state index contributed by atoms with van der Waals surface area (Å²) in [5, 5.41) is 0. The molecule has 2 heteroatoms. The molecular formula is C20H20BrN. The van der Waals surface area contributed by atoms with Crippen LogP contribution in [-0.4, -0.2) is 18.0 Å². The highest BCUT2D eigenvalue weighted by atomic mass is 79.9. The van der Waals surface area contributed by atoms with E-state index in [2.05, 4.69) is 69.1 Å². The van der Waals surface area contributed by atoms with Gasteiger partial charge in [0.1, 0.15) is 0 Å². The maximum atomic E-state index is 3.52. The molecule has 1 aliphatic heterocycles. The van der Waals surface area contributed by atoms with Crippen molar-refractivity contribution < 1.29 is 0 Å². The maximum absolute atomic E-state index is 3.52. The van der Waals surface area contributed by atoms with Crippen molar-refractivity contribution in [3.05, 3.63) is 70.2 Å². The van der Waals surface area contributed by atoms with E-state index in [0.29, 0.717) is 0 Å². The second-order valence-electron chi connectivity index (χ2n) is 5.69. The summed E-state index contributed by atoms with van der Waals surface area (Å²) in [5.74, 6) is 6.85. The van der Waals surface area contributed by atoms with Crippen LogP contribution in [0, 0.1) is 11.8 Å². The Labute approximate surface area is 141 Å². The van der Waals surface area contributed by atoms with Crippen molar-refractivity contribution in [3.63, 3.8) is 0 Å². The summed E-state index contributed by atoms with van der Waals surface area (Å²) in [7, 11) is 0. The van der Waals surface area contributed by atoms with Gasteiger partial charge in [-0.25, -0.2) is 0 Å². The fraction of sp³-hybridized carbons (Fsp3) is 0.300. The van der Waals surface area contributed by atoms with Crippen LogP contribution >= 0.6 is 15.9 Å². The zero-order valence-electron chi connectivity index (χ0n) is 12.6. The van der Waals surface area contributed by atoms with Crippen molar-refractivity contribution in [1.29, 1.82) is 0 Å². The molecule has 1 aliphatic rings. The Morgan fingerprint density at radius 1 is 0.864 bits per heavy atom. The van der Waals surface area contributed by atoms with Crippen molar-refractivity contribution >= 4 is 15.9 Å². The first-order valence-corrected chi connectivity index (χ1v) is 8.68. The van der Waals surface area contributed by atoms with Crippen LogP contribution in [0.3, 0.4) is 0 Å². The fourth-order valence-electron chi connectivity index (χ4n) is 2.88. The molecule has 1 unspecified atom stereocenters. The number of hydrogen-bond donors (Lipinski definition) is 0. The standard InChI is InChI=1S/C20H20BrN/c21-19-12-10-18(11-13-19)20(22-15-5-2-6-16-22)14-9-17-7-3-1-4-8-17/h1,3-4,7-8,10-13,20H,2,5-6,15-16H2. The van der Waals surface area contributed by atoms with Gasteiger partial charge in [-0.2, -0.15) is 0 Å². The second kappa shape index (κ2) is 7.63. The molecule has 1 fully saturated rings. The third kappa shape index (κ3) is 4.00. The molecule has 22 heavy (non-hydrogen) atoms. The van der Waals surface area contributed by atoms with Crippen LogP contribution in [0.4, 0.5) is 0 Å². The first-order chi connectivity index (χ1) is 10.8. The highest BCUT2D eigenvalue weighted by Crippen LogP contribution is 2.25. The van der Waals surface area contributed by atoms with Gasteiger partial charge in [0.05, 0.1) is 6.04 Å². The van der Waals surface area contributed by atoms with E-state index >= 15 is 0 Å². The van der Waals surface area contributed by atoms with Crippen LogP contribution in [0.15, 0.2) is 59.1 Å². The Morgan fingerprint density at radius 3 is 2.23 bits per heavy atom. The van der Waals surface area contributed by atoms with Gasteiger partial charge in [-0.05, 0) is 55.8 Å². The summed E-state index contributed by atoms with van der Waals surface area (Å²) in [5.41, 5.74) is 2.37. The van der Waals surface area contributed by atoms with Gasteiger partial charge in [-0.15, -0.1) is 0 Å². The largest absolute Gasteiger partial charge is 0.286 e. The molecule has 0 saturated carbocycles. The van der Waals surface area contributed by atoms with E-state index < -0.39 is 0 Å². The molecule has 0 spiro atoms. The smallest absolute Gasteiger partial charge is 0.0974 e. The van der Waals surface area contributed by atoms with Gasteiger partial charge in [0.2, 0.25) is 0 Å². The minimum absolute atomic E-state index is 0.189. The van der Waals surface area contributed by atoms with E-state index in [0.717, 1.165) is 23.1 Å². The SMILES string of the molecule is Brc1ccc(C(C#Cc2ccccc2)N2CCCCC2)cc1. The van der Waals surface area contributed by atoms with Crippen LogP contribution in [0.2, 0.25) is 0 Å². The second-order valence-corrected chi connectivity index (χ2v) is 6.60. The van der Waals surface area contributed by atoms with Crippen molar-refractivity contribution in [3.8, 4) is 11.8 Å². The topological polar surface area (TPSA) is 3.24 Å². The number of benzene rings is 2. The minimum atomic E-state index is 0.189. The molecule has 1 atom stereocenters. The van der Waals surface area contributed by atoms with Gasteiger partial charge < -0.3 is 0 Å². The van der Waals surface area contributed by atoms with Gasteiger partial charge in [-0.3, -0.25) is 4.90 Å². The van der Waals surface area contributed by atoms with E-state index in [1.165, 1.54) is 24.8 Å². The first-order valence-electron chi connectivity index (χ1n) is 7.89. The van der Waals surface area contributed by atoms with Crippen molar-refractivity contribution in [1.82, 2.24) is 4.90 Å². The predicted molar refractivity (Wildman–Crippen MR) is 95.6 cm³/mol. The van der Waals surface area contributed by atoms with Gasteiger partial charge >= 0.3 is 0 Å². The molecule has 1 nitrogen and oxygen atoms in total.